The SMILES string of the molecule is COc1ccc(-c2nc(=O)[nH]nc2-c2ccc(N(C)C)cc2)cc1. The molecule has 0 radical (unpaired) electrons. The van der Waals surface area contributed by atoms with Gasteiger partial charge in [-0.25, -0.2) is 9.89 Å². The van der Waals surface area contributed by atoms with Gasteiger partial charge >= 0.3 is 5.69 Å². The largest absolute Gasteiger partial charge is 0.497 e. The summed E-state index contributed by atoms with van der Waals surface area (Å²) in [6.45, 7) is 0. The van der Waals surface area contributed by atoms with Crippen molar-refractivity contribution in [2.24, 2.45) is 0 Å². The van der Waals surface area contributed by atoms with Crippen molar-refractivity contribution in [2.45, 2.75) is 0 Å². The molecular weight excluding hydrogens is 304 g/mol. The Bertz CT molecular complexity index is 884. The highest BCUT2D eigenvalue weighted by Gasteiger charge is 2.12. The molecule has 3 rings (SSSR count). The lowest BCUT2D eigenvalue weighted by Crippen LogP contribution is -2.14. The van der Waals surface area contributed by atoms with E-state index in [9.17, 15) is 4.79 Å². The van der Waals surface area contributed by atoms with Gasteiger partial charge in [-0.1, -0.05) is 12.1 Å². The third-order valence-corrected chi connectivity index (χ3v) is 3.72. The number of anilines is 1. The maximum Gasteiger partial charge on any atom is 0.361 e. The van der Waals surface area contributed by atoms with Crippen LogP contribution in [0.2, 0.25) is 0 Å². The highest BCUT2D eigenvalue weighted by atomic mass is 16.5. The van der Waals surface area contributed by atoms with Gasteiger partial charge < -0.3 is 9.64 Å². The molecule has 0 unspecified atom stereocenters. The lowest BCUT2D eigenvalue weighted by Gasteiger charge is -2.13. The van der Waals surface area contributed by atoms with E-state index >= 15 is 0 Å². The van der Waals surface area contributed by atoms with Crippen molar-refractivity contribution in [1.29, 1.82) is 0 Å². The summed E-state index contributed by atoms with van der Waals surface area (Å²) >= 11 is 0. The third-order valence-electron chi connectivity index (χ3n) is 3.72. The smallest absolute Gasteiger partial charge is 0.361 e. The second-order valence-corrected chi connectivity index (χ2v) is 5.51. The van der Waals surface area contributed by atoms with Gasteiger partial charge in [0.15, 0.2) is 0 Å². The van der Waals surface area contributed by atoms with Crippen molar-refractivity contribution in [3.05, 3.63) is 59.0 Å². The van der Waals surface area contributed by atoms with Crippen molar-refractivity contribution in [1.82, 2.24) is 15.2 Å². The lowest BCUT2D eigenvalue weighted by atomic mass is 10.0. The molecule has 0 saturated carbocycles. The molecule has 24 heavy (non-hydrogen) atoms. The fraction of sp³-hybridized carbons (Fsp3) is 0.167. The van der Waals surface area contributed by atoms with Crippen molar-refractivity contribution in [2.75, 3.05) is 26.1 Å². The monoisotopic (exact) mass is 322 g/mol. The van der Waals surface area contributed by atoms with Gasteiger partial charge in [0, 0.05) is 30.9 Å². The Kier molecular flexibility index (Phi) is 4.29. The molecule has 0 amide bonds. The number of methoxy groups -OCH3 is 1. The van der Waals surface area contributed by atoms with Crippen LogP contribution in [0.3, 0.4) is 0 Å². The molecule has 0 aliphatic heterocycles. The number of ether oxygens (including phenoxy) is 1. The van der Waals surface area contributed by atoms with Crippen LogP contribution >= 0.6 is 0 Å². The minimum absolute atomic E-state index is 0.477. The predicted molar refractivity (Wildman–Crippen MR) is 94.4 cm³/mol. The highest BCUT2D eigenvalue weighted by molar-refractivity contribution is 5.78. The van der Waals surface area contributed by atoms with Crippen LogP contribution in [0.1, 0.15) is 0 Å². The molecule has 0 saturated heterocycles. The van der Waals surface area contributed by atoms with Crippen molar-refractivity contribution >= 4 is 5.69 Å². The Labute approximate surface area is 139 Å². The summed E-state index contributed by atoms with van der Waals surface area (Å²) in [7, 11) is 5.58. The van der Waals surface area contributed by atoms with Crippen LogP contribution in [0, 0.1) is 0 Å². The Morgan fingerprint density at radius 2 is 1.50 bits per heavy atom. The maximum atomic E-state index is 11.7. The zero-order chi connectivity index (χ0) is 17.1. The second-order valence-electron chi connectivity index (χ2n) is 5.51. The number of H-pyrrole nitrogens is 1. The van der Waals surface area contributed by atoms with Gasteiger partial charge in [0.1, 0.15) is 17.1 Å². The predicted octanol–water partition coefficient (Wildman–Crippen LogP) is 2.57. The van der Waals surface area contributed by atoms with Gasteiger partial charge in [0.05, 0.1) is 7.11 Å². The number of nitrogens with one attached hydrogen (secondary N) is 1. The van der Waals surface area contributed by atoms with Gasteiger partial charge in [-0.15, -0.1) is 0 Å². The standard InChI is InChI=1S/C18H18N4O2/c1-22(2)14-8-4-13(5-9-14)17-16(19-18(23)21-20-17)12-6-10-15(24-3)11-7-12/h4-11H,1-3H3,(H,19,21,23). The molecule has 1 heterocycles. The number of hydrogen-bond acceptors (Lipinski definition) is 5. The summed E-state index contributed by atoms with van der Waals surface area (Å²) in [5.41, 5.74) is 3.47. The molecule has 6 heteroatoms. The molecule has 0 spiro atoms. The minimum Gasteiger partial charge on any atom is -0.497 e. The van der Waals surface area contributed by atoms with E-state index in [1.54, 1.807) is 7.11 Å². The summed E-state index contributed by atoms with van der Waals surface area (Å²) < 4.78 is 5.17. The van der Waals surface area contributed by atoms with E-state index < -0.39 is 5.69 Å². The molecule has 0 bridgehead atoms. The van der Waals surface area contributed by atoms with Crippen LogP contribution in [-0.4, -0.2) is 36.4 Å². The maximum absolute atomic E-state index is 11.7. The van der Waals surface area contributed by atoms with Crippen LogP contribution in [0.5, 0.6) is 5.75 Å². The highest BCUT2D eigenvalue weighted by Crippen LogP contribution is 2.29. The van der Waals surface area contributed by atoms with Crippen molar-refractivity contribution in [3.8, 4) is 28.3 Å². The zero-order valence-electron chi connectivity index (χ0n) is 13.8. The molecule has 0 aliphatic carbocycles. The molecule has 122 valence electrons. The Hall–Kier alpha value is -3.15. The van der Waals surface area contributed by atoms with E-state index in [4.69, 9.17) is 4.74 Å². The fourth-order valence-corrected chi connectivity index (χ4v) is 2.41. The molecule has 1 N–H and O–H groups in total. The topological polar surface area (TPSA) is 71.1 Å². The van der Waals surface area contributed by atoms with E-state index in [1.807, 2.05) is 67.5 Å². The van der Waals surface area contributed by atoms with Gasteiger partial charge in [0.2, 0.25) is 0 Å². The molecule has 1 aromatic heterocycles. The summed E-state index contributed by atoms with van der Waals surface area (Å²) in [5.74, 6) is 0.744. The molecule has 0 atom stereocenters. The lowest BCUT2D eigenvalue weighted by molar-refractivity contribution is 0.415. The molecule has 3 aromatic rings. The quantitative estimate of drug-likeness (QED) is 0.799. The number of rotatable bonds is 4. The number of nitrogens with zero attached hydrogens (tertiary/aromatic N) is 3. The summed E-state index contributed by atoms with van der Waals surface area (Å²) in [5, 5.41) is 6.61. The van der Waals surface area contributed by atoms with E-state index in [2.05, 4.69) is 15.2 Å². The van der Waals surface area contributed by atoms with Gasteiger partial charge in [-0.2, -0.15) is 10.1 Å². The normalized spacial score (nSPS) is 10.5. The first-order valence-electron chi connectivity index (χ1n) is 7.47. The van der Waals surface area contributed by atoms with Crippen LogP contribution in [0.4, 0.5) is 5.69 Å². The van der Waals surface area contributed by atoms with Crippen LogP contribution < -0.4 is 15.3 Å². The molecular formula is C18H18N4O2. The van der Waals surface area contributed by atoms with E-state index in [0.29, 0.717) is 11.4 Å². The molecule has 6 nitrogen and oxygen atoms in total. The third kappa shape index (κ3) is 3.12. The number of aromatic nitrogens is 3. The summed E-state index contributed by atoms with van der Waals surface area (Å²) in [6.07, 6.45) is 0. The Morgan fingerprint density at radius 3 is 2.08 bits per heavy atom. The van der Waals surface area contributed by atoms with E-state index in [0.717, 1.165) is 22.6 Å². The van der Waals surface area contributed by atoms with Gasteiger partial charge in [-0.05, 0) is 36.4 Å². The molecule has 2 aromatic carbocycles. The summed E-state index contributed by atoms with van der Waals surface area (Å²) in [4.78, 5) is 17.8. The first-order valence-corrected chi connectivity index (χ1v) is 7.47. The Morgan fingerprint density at radius 1 is 0.917 bits per heavy atom. The number of hydrogen-bond donors (Lipinski definition) is 1. The van der Waals surface area contributed by atoms with Crippen LogP contribution in [0.15, 0.2) is 53.3 Å². The number of benzene rings is 2. The van der Waals surface area contributed by atoms with Crippen molar-refractivity contribution < 1.29 is 4.74 Å². The van der Waals surface area contributed by atoms with Crippen LogP contribution in [-0.2, 0) is 0 Å². The fourth-order valence-electron chi connectivity index (χ4n) is 2.41. The summed E-state index contributed by atoms with van der Waals surface area (Å²) in [6, 6.07) is 15.3. The van der Waals surface area contributed by atoms with E-state index in [1.165, 1.54) is 0 Å². The van der Waals surface area contributed by atoms with Gasteiger partial charge in [-0.3, -0.25) is 0 Å². The van der Waals surface area contributed by atoms with Crippen LogP contribution in [0.25, 0.3) is 22.5 Å². The average molecular weight is 322 g/mol. The van der Waals surface area contributed by atoms with Crippen molar-refractivity contribution in [3.63, 3.8) is 0 Å². The van der Waals surface area contributed by atoms with Gasteiger partial charge in [0.25, 0.3) is 0 Å². The Balaban J connectivity index is 2.09. The average Bonchev–Trinajstić information content (AvgIpc) is 2.62. The first kappa shape index (κ1) is 15.7. The minimum atomic E-state index is -0.477. The van der Waals surface area contributed by atoms with E-state index in [-0.39, 0.29) is 0 Å². The second kappa shape index (κ2) is 6.54. The molecule has 0 aliphatic rings. The first-order chi connectivity index (χ1) is 11.6. The zero-order valence-corrected chi connectivity index (χ0v) is 13.8. The number of aromatic amines is 1. The molecule has 0 fully saturated rings.